The monoisotopic (exact) mass is 565 g/mol. The molecule has 1 N–H and O–H groups in total. The van der Waals surface area contributed by atoms with Crippen molar-refractivity contribution in [3.05, 3.63) is 145 Å². The Labute approximate surface area is 246 Å². The fourth-order valence-corrected chi connectivity index (χ4v) is 6.84. The lowest BCUT2D eigenvalue weighted by molar-refractivity contribution is -0.572. The molecule has 0 amide bonds. The maximum atomic E-state index is 10.7. The number of thiophene rings is 1. The van der Waals surface area contributed by atoms with Crippen molar-refractivity contribution in [3.8, 4) is 65.5 Å². The summed E-state index contributed by atoms with van der Waals surface area (Å²) in [6.07, 6.45) is 0. The van der Waals surface area contributed by atoms with E-state index in [9.17, 15) is 5.11 Å². The van der Waals surface area contributed by atoms with Crippen molar-refractivity contribution in [3.63, 3.8) is 0 Å². The molecule has 4 aromatic carbocycles. The fraction of sp³-hybridized carbons (Fsp3) is 0. The summed E-state index contributed by atoms with van der Waals surface area (Å²) in [5.41, 5.74) is 8.76. The van der Waals surface area contributed by atoms with Crippen molar-refractivity contribution in [1.29, 1.82) is 0 Å². The number of aromatic hydroxyl groups is 1. The Morgan fingerprint density at radius 2 is 1.10 bits per heavy atom. The number of hydrogen-bond donors (Lipinski definition) is 1. The fourth-order valence-electron chi connectivity index (χ4n) is 5.08. The summed E-state index contributed by atoms with van der Waals surface area (Å²) in [7, 11) is 0. The van der Waals surface area contributed by atoms with E-state index in [1.54, 1.807) is 11.3 Å². The molecular weight excluding hydrogens is 541 g/mol. The van der Waals surface area contributed by atoms with Gasteiger partial charge >= 0.3 is 0 Å². The SMILES string of the molecule is Oc1nc(-c2cccs2)sc1-c1ccc(-[n+]2c(-c3ccccc3)cc(-c3ccccc3)cc2-c2ccccc2)cc1. The Kier molecular flexibility index (Phi) is 6.73. The van der Waals surface area contributed by atoms with Crippen LogP contribution >= 0.6 is 22.7 Å². The first kappa shape index (κ1) is 25.1. The minimum Gasteiger partial charge on any atom is -0.492 e. The first-order chi connectivity index (χ1) is 20.2. The topological polar surface area (TPSA) is 37.0 Å². The maximum absolute atomic E-state index is 10.7. The third kappa shape index (κ3) is 4.97. The van der Waals surface area contributed by atoms with Gasteiger partial charge in [-0.25, -0.2) is 4.98 Å². The van der Waals surface area contributed by atoms with Gasteiger partial charge in [-0.05, 0) is 64.5 Å². The highest BCUT2D eigenvalue weighted by Gasteiger charge is 2.25. The molecule has 0 radical (unpaired) electrons. The van der Waals surface area contributed by atoms with Gasteiger partial charge in [-0.1, -0.05) is 72.8 Å². The molecule has 0 aliphatic rings. The lowest BCUT2D eigenvalue weighted by Gasteiger charge is -2.13. The van der Waals surface area contributed by atoms with Gasteiger partial charge in [0.15, 0.2) is 0 Å². The van der Waals surface area contributed by atoms with Gasteiger partial charge in [-0.2, -0.15) is 4.57 Å². The number of nitrogens with zero attached hydrogens (tertiary/aromatic N) is 2. The molecule has 0 saturated heterocycles. The van der Waals surface area contributed by atoms with Crippen molar-refractivity contribution >= 4 is 22.7 Å². The summed E-state index contributed by atoms with van der Waals surface area (Å²) < 4.78 is 2.32. The number of rotatable bonds is 6. The predicted molar refractivity (Wildman–Crippen MR) is 170 cm³/mol. The Balaban J connectivity index is 1.41. The highest BCUT2D eigenvalue weighted by Crippen LogP contribution is 2.40. The third-order valence-electron chi connectivity index (χ3n) is 7.04. The van der Waals surface area contributed by atoms with E-state index in [4.69, 9.17) is 0 Å². The summed E-state index contributed by atoms with van der Waals surface area (Å²) in [6, 6.07) is 48.6. The van der Waals surface area contributed by atoms with Gasteiger partial charge in [0.25, 0.3) is 0 Å². The molecule has 7 aromatic rings. The van der Waals surface area contributed by atoms with E-state index < -0.39 is 0 Å². The number of benzene rings is 4. The molecule has 0 fully saturated rings. The smallest absolute Gasteiger partial charge is 0.230 e. The molecule has 41 heavy (non-hydrogen) atoms. The predicted octanol–water partition coefficient (Wildman–Crippen LogP) is 9.52. The Morgan fingerprint density at radius 1 is 0.537 bits per heavy atom. The molecule has 0 saturated carbocycles. The maximum Gasteiger partial charge on any atom is 0.230 e. The molecular formula is C36H25N2OS2+. The summed E-state index contributed by atoms with van der Waals surface area (Å²) in [6.45, 7) is 0. The van der Waals surface area contributed by atoms with E-state index in [1.807, 2.05) is 29.6 Å². The van der Waals surface area contributed by atoms with Gasteiger partial charge in [0, 0.05) is 35.4 Å². The van der Waals surface area contributed by atoms with Gasteiger partial charge in [0.05, 0.1) is 9.75 Å². The van der Waals surface area contributed by atoms with Gasteiger partial charge in [0.1, 0.15) is 5.01 Å². The van der Waals surface area contributed by atoms with Crippen LogP contribution in [0.3, 0.4) is 0 Å². The number of aromatic nitrogens is 2. The van der Waals surface area contributed by atoms with Crippen LogP contribution in [0, 0.1) is 0 Å². The molecule has 0 atom stereocenters. The lowest BCUT2D eigenvalue weighted by Crippen LogP contribution is -2.36. The standard InChI is InChI=1S/C36H24N2OS2/c39-35-34(41-36(37-35)33-17-10-22-40-33)28-18-20-30(21-19-28)38-31(26-13-6-2-7-14-26)23-29(25-11-4-1-5-12-25)24-32(38)27-15-8-3-9-16-27/h1-24H/p+1. The van der Waals surface area contributed by atoms with E-state index in [1.165, 1.54) is 16.9 Å². The normalized spacial score (nSPS) is 11.0. The molecule has 3 aromatic heterocycles. The van der Waals surface area contributed by atoms with Crippen LogP contribution in [0.4, 0.5) is 0 Å². The van der Waals surface area contributed by atoms with Crippen LogP contribution in [0.2, 0.25) is 0 Å². The van der Waals surface area contributed by atoms with Crippen molar-refractivity contribution in [2.24, 2.45) is 0 Å². The van der Waals surface area contributed by atoms with Crippen LogP contribution in [0.25, 0.3) is 59.7 Å². The third-order valence-corrected chi connectivity index (χ3v) is 9.17. The van der Waals surface area contributed by atoms with Crippen LogP contribution in [0.1, 0.15) is 0 Å². The second-order valence-corrected chi connectivity index (χ2v) is 11.6. The minimum absolute atomic E-state index is 0.0703. The average Bonchev–Trinajstić information content (AvgIpc) is 3.72. The average molecular weight is 566 g/mol. The Hall–Kier alpha value is -4.84. The molecule has 3 nitrogen and oxygen atoms in total. The van der Waals surface area contributed by atoms with Gasteiger partial charge < -0.3 is 5.11 Å². The zero-order chi connectivity index (χ0) is 27.6. The van der Waals surface area contributed by atoms with Crippen LogP contribution in [-0.2, 0) is 0 Å². The highest BCUT2D eigenvalue weighted by molar-refractivity contribution is 7.23. The molecule has 0 spiro atoms. The Morgan fingerprint density at radius 3 is 1.63 bits per heavy atom. The van der Waals surface area contributed by atoms with Crippen molar-refractivity contribution in [1.82, 2.24) is 4.98 Å². The van der Waals surface area contributed by atoms with Gasteiger partial charge in [-0.3, -0.25) is 0 Å². The summed E-state index contributed by atoms with van der Waals surface area (Å²) >= 11 is 3.14. The second-order valence-electron chi connectivity index (χ2n) is 9.64. The minimum atomic E-state index is 0.0703. The first-order valence-electron chi connectivity index (χ1n) is 13.4. The van der Waals surface area contributed by atoms with E-state index in [-0.39, 0.29) is 5.88 Å². The van der Waals surface area contributed by atoms with Gasteiger partial charge in [0.2, 0.25) is 23.0 Å². The lowest BCUT2D eigenvalue weighted by atomic mass is 9.98. The van der Waals surface area contributed by atoms with Crippen molar-refractivity contribution < 1.29 is 9.67 Å². The van der Waals surface area contributed by atoms with Crippen molar-refractivity contribution in [2.75, 3.05) is 0 Å². The molecule has 196 valence electrons. The molecule has 7 rings (SSSR count). The van der Waals surface area contributed by atoms with Crippen LogP contribution in [0.5, 0.6) is 5.88 Å². The first-order valence-corrected chi connectivity index (χ1v) is 15.0. The van der Waals surface area contributed by atoms with Crippen LogP contribution in [-0.4, -0.2) is 10.1 Å². The molecule has 0 aliphatic heterocycles. The molecule has 0 aliphatic carbocycles. The number of thiazole rings is 1. The molecule has 0 unspecified atom stereocenters. The van der Waals surface area contributed by atoms with Crippen LogP contribution in [0.15, 0.2) is 145 Å². The quantitative estimate of drug-likeness (QED) is 0.204. The van der Waals surface area contributed by atoms with Crippen LogP contribution < -0.4 is 4.57 Å². The molecule has 5 heteroatoms. The Bertz CT molecular complexity index is 1850. The van der Waals surface area contributed by atoms with Gasteiger partial charge in [-0.15, -0.1) is 22.7 Å². The summed E-state index contributed by atoms with van der Waals surface area (Å²) in [5.74, 6) is 0.0703. The van der Waals surface area contributed by atoms with E-state index in [0.29, 0.717) is 0 Å². The molecule has 3 heterocycles. The highest BCUT2D eigenvalue weighted by atomic mass is 32.1. The van der Waals surface area contributed by atoms with E-state index >= 15 is 0 Å². The zero-order valence-corrected chi connectivity index (χ0v) is 23.6. The van der Waals surface area contributed by atoms with E-state index in [2.05, 4.69) is 125 Å². The summed E-state index contributed by atoms with van der Waals surface area (Å²) in [5, 5.41) is 13.6. The van der Waals surface area contributed by atoms with Crippen molar-refractivity contribution in [2.45, 2.75) is 0 Å². The zero-order valence-electron chi connectivity index (χ0n) is 22.0. The summed E-state index contributed by atoms with van der Waals surface area (Å²) in [4.78, 5) is 6.27. The number of hydrogen-bond acceptors (Lipinski definition) is 4. The second kappa shape index (κ2) is 11.0. The van der Waals surface area contributed by atoms with E-state index in [0.717, 1.165) is 54.1 Å². The largest absolute Gasteiger partial charge is 0.492 e. The molecule has 0 bridgehead atoms. The number of pyridine rings is 1.